The van der Waals surface area contributed by atoms with Crippen molar-refractivity contribution in [3.05, 3.63) is 29.8 Å². The van der Waals surface area contributed by atoms with Gasteiger partial charge in [0.25, 0.3) is 0 Å². The summed E-state index contributed by atoms with van der Waals surface area (Å²) < 4.78 is 27.5. The van der Waals surface area contributed by atoms with Crippen LogP contribution in [0, 0.1) is 6.92 Å². The molecule has 1 aromatic rings. The van der Waals surface area contributed by atoms with Crippen LogP contribution in [0.1, 0.15) is 12.5 Å². The molecular formula is C10H13NO4S. The largest absolute Gasteiger partial charge is 0.341 e. The van der Waals surface area contributed by atoms with Gasteiger partial charge in [0.05, 0.1) is 0 Å². The van der Waals surface area contributed by atoms with Crippen LogP contribution < -0.4 is 5.73 Å². The second kappa shape index (κ2) is 4.63. The molecule has 0 radical (unpaired) electrons. The summed E-state index contributed by atoms with van der Waals surface area (Å²) in [6.45, 7) is 3.18. The first-order chi connectivity index (χ1) is 7.33. The third-order valence-corrected chi connectivity index (χ3v) is 3.11. The molecule has 16 heavy (non-hydrogen) atoms. The number of nitrogens with two attached hydrogens (primary N) is 1. The molecule has 0 spiro atoms. The Kier molecular flexibility index (Phi) is 3.66. The van der Waals surface area contributed by atoms with Gasteiger partial charge in [0.1, 0.15) is 10.9 Å². The fraction of sp³-hybridized carbons (Fsp3) is 0.300. The summed E-state index contributed by atoms with van der Waals surface area (Å²) in [5, 5.41) is 0. The minimum absolute atomic E-state index is 0.0629. The number of aryl methyl sites for hydroxylation is 1. The zero-order valence-electron chi connectivity index (χ0n) is 9.01. The van der Waals surface area contributed by atoms with Crippen molar-refractivity contribution >= 4 is 16.1 Å². The summed E-state index contributed by atoms with van der Waals surface area (Å²) in [6.07, 6.45) is 0. The number of carbonyl (C=O) groups is 1. The Balaban J connectivity index is 2.95. The standard InChI is InChI=1S/C10H13NO4S/c1-7-3-5-9(6-4-7)16(13,14)15-10(12)8(2)11/h3-6,8H,11H2,1-2H3/t8-/m0/s1. The number of hydrogen-bond acceptors (Lipinski definition) is 5. The van der Waals surface area contributed by atoms with Crippen LogP contribution in [0.2, 0.25) is 0 Å². The minimum atomic E-state index is -4.05. The molecule has 0 saturated heterocycles. The normalized spacial score (nSPS) is 13.2. The first-order valence-electron chi connectivity index (χ1n) is 4.63. The zero-order valence-corrected chi connectivity index (χ0v) is 9.82. The molecular weight excluding hydrogens is 230 g/mol. The first kappa shape index (κ1) is 12.7. The summed E-state index contributed by atoms with van der Waals surface area (Å²) >= 11 is 0. The average Bonchev–Trinajstić information content (AvgIpc) is 2.17. The third kappa shape index (κ3) is 3.04. The van der Waals surface area contributed by atoms with Gasteiger partial charge in [0.15, 0.2) is 0 Å². The maximum atomic E-state index is 11.6. The Labute approximate surface area is 94.3 Å². The van der Waals surface area contributed by atoms with Crippen molar-refractivity contribution in [1.29, 1.82) is 0 Å². The molecule has 1 rings (SSSR count). The summed E-state index contributed by atoms with van der Waals surface area (Å²) in [5.74, 6) is -0.972. The highest BCUT2D eigenvalue weighted by molar-refractivity contribution is 7.87. The highest BCUT2D eigenvalue weighted by atomic mass is 32.2. The first-order valence-corrected chi connectivity index (χ1v) is 6.04. The third-order valence-electron chi connectivity index (χ3n) is 1.87. The van der Waals surface area contributed by atoms with Crippen molar-refractivity contribution in [2.24, 2.45) is 5.73 Å². The Morgan fingerprint density at radius 2 is 1.81 bits per heavy atom. The summed E-state index contributed by atoms with van der Waals surface area (Å²) in [4.78, 5) is 11.0. The van der Waals surface area contributed by atoms with E-state index in [1.54, 1.807) is 12.1 Å². The summed E-state index contributed by atoms with van der Waals surface area (Å²) in [7, 11) is -4.05. The van der Waals surface area contributed by atoms with Crippen molar-refractivity contribution in [2.45, 2.75) is 24.8 Å². The van der Waals surface area contributed by atoms with E-state index < -0.39 is 22.1 Å². The molecule has 0 aliphatic heterocycles. The van der Waals surface area contributed by atoms with Crippen molar-refractivity contribution < 1.29 is 17.4 Å². The van der Waals surface area contributed by atoms with Gasteiger partial charge in [-0.25, -0.2) is 4.79 Å². The Morgan fingerprint density at radius 3 is 2.25 bits per heavy atom. The van der Waals surface area contributed by atoms with Crippen LogP contribution in [0.4, 0.5) is 0 Å². The molecule has 6 heteroatoms. The maximum Gasteiger partial charge on any atom is 0.341 e. The quantitative estimate of drug-likeness (QED) is 0.784. The lowest BCUT2D eigenvalue weighted by Crippen LogP contribution is -2.30. The molecule has 88 valence electrons. The number of hydrogen-bond donors (Lipinski definition) is 1. The monoisotopic (exact) mass is 243 g/mol. The van der Waals surface area contributed by atoms with Crippen molar-refractivity contribution in [1.82, 2.24) is 0 Å². The van der Waals surface area contributed by atoms with Gasteiger partial charge in [-0.2, -0.15) is 8.42 Å². The molecule has 0 fully saturated rings. The maximum absolute atomic E-state index is 11.6. The average molecular weight is 243 g/mol. The Hall–Kier alpha value is -1.40. The molecule has 2 N–H and O–H groups in total. The summed E-state index contributed by atoms with van der Waals surface area (Å²) in [5.41, 5.74) is 6.12. The van der Waals surface area contributed by atoms with Crippen LogP contribution in [0.15, 0.2) is 29.2 Å². The van der Waals surface area contributed by atoms with Crippen LogP contribution in [0.3, 0.4) is 0 Å². The van der Waals surface area contributed by atoms with Crippen LogP contribution >= 0.6 is 0 Å². The van der Waals surface area contributed by atoms with Crippen LogP contribution in [-0.4, -0.2) is 20.4 Å². The van der Waals surface area contributed by atoms with E-state index in [9.17, 15) is 13.2 Å². The van der Waals surface area contributed by atoms with Gasteiger partial charge in [-0.3, -0.25) is 0 Å². The van der Waals surface area contributed by atoms with Gasteiger partial charge in [-0.1, -0.05) is 17.7 Å². The highest BCUT2D eigenvalue weighted by Crippen LogP contribution is 2.13. The molecule has 0 amide bonds. The molecule has 1 aromatic carbocycles. The lowest BCUT2D eigenvalue weighted by Gasteiger charge is -2.07. The molecule has 0 aliphatic carbocycles. The van der Waals surface area contributed by atoms with Crippen molar-refractivity contribution in [3.63, 3.8) is 0 Å². The molecule has 0 saturated carbocycles. The fourth-order valence-corrected chi connectivity index (χ4v) is 1.87. The number of benzene rings is 1. The predicted molar refractivity (Wildman–Crippen MR) is 58.1 cm³/mol. The lowest BCUT2D eigenvalue weighted by atomic mass is 10.2. The fourth-order valence-electron chi connectivity index (χ4n) is 0.937. The van der Waals surface area contributed by atoms with Crippen LogP contribution in [0.25, 0.3) is 0 Å². The predicted octanol–water partition coefficient (Wildman–Crippen LogP) is 0.574. The van der Waals surface area contributed by atoms with Gasteiger partial charge >= 0.3 is 16.1 Å². The van der Waals surface area contributed by atoms with Gasteiger partial charge in [0.2, 0.25) is 0 Å². The van der Waals surface area contributed by atoms with E-state index in [0.29, 0.717) is 0 Å². The van der Waals surface area contributed by atoms with Gasteiger partial charge in [-0.15, -0.1) is 0 Å². The number of carbonyl (C=O) groups excluding carboxylic acids is 1. The number of rotatable bonds is 3. The molecule has 0 heterocycles. The van der Waals surface area contributed by atoms with Gasteiger partial charge < -0.3 is 9.92 Å². The smallest absolute Gasteiger partial charge is 0.341 e. The van der Waals surface area contributed by atoms with Crippen LogP contribution in [-0.2, 0) is 19.1 Å². The van der Waals surface area contributed by atoms with Gasteiger partial charge in [0, 0.05) is 0 Å². The highest BCUT2D eigenvalue weighted by Gasteiger charge is 2.21. The molecule has 0 aromatic heterocycles. The van der Waals surface area contributed by atoms with Gasteiger partial charge in [-0.05, 0) is 26.0 Å². The van der Waals surface area contributed by atoms with E-state index >= 15 is 0 Å². The zero-order chi connectivity index (χ0) is 12.3. The van der Waals surface area contributed by atoms with Crippen molar-refractivity contribution in [3.8, 4) is 0 Å². The second-order valence-corrected chi connectivity index (χ2v) is 5.00. The molecule has 5 nitrogen and oxygen atoms in total. The minimum Gasteiger partial charge on any atom is -0.341 e. The second-order valence-electron chi connectivity index (χ2n) is 3.46. The molecule has 0 aliphatic rings. The van der Waals surface area contributed by atoms with E-state index in [2.05, 4.69) is 4.18 Å². The van der Waals surface area contributed by atoms with E-state index in [1.807, 2.05) is 6.92 Å². The Bertz CT molecular complexity index is 476. The van der Waals surface area contributed by atoms with Crippen LogP contribution in [0.5, 0.6) is 0 Å². The summed E-state index contributed by atoms with van der Waals surface area (Å²) in [6, 6.07) is 5.01. The molecule has 0 unspecified atom stereocenters. The SMILES string of the molecule is Cc1ccc(S(=O)(=O)OC(=O)[C@H](C)N)cc1. The van der Waals surface area contributed by atoms with E-state index in [1.165, 1.54) is 19.1 Å². The molecule has 1 atom stereocenters. The van der Waals surface area contributed by atoms with E-state index in [-0.39, 0.29) is 4.90 Å². The topological polar surface area (TPSA) is 86.5 Å². The molecule has 0 bridgehead atoms. The van der Waals surface area contributed by atoms with Crippen molar-refractivity contribution in [2.75, 3.05) is 0 Å². The van der Waals surface area contributed by atoms with E-state index in [4.69, 9.17) is 5.73 Å². The Morgan fingerprint density at radius 1 is 1.31 bits per heavy atom. The lowest BCUT2D eigenvalue weighted by molar-refractivity contribution is -0.134. The van der Waals surface area contributed by atoms with E-state index in [0.717, 1.165) is 5.56 Å².